The SMILES string of the molecule is CN(C)c1sc(=Nc2ccc([N+](=O)[O-])cc2)n(-c2ccc([N+](=O)[O-])cc2)c1-c1ccc(Cl)cc1. The van der Waals surface area contributed by atoms with Crippen LogP contribution < -0.4 is 9.70 Å². The van der Waals surface area contributed by atoms with Crippen LogP contribution in [0.2, 0.25) is 5.02 Å². The molecule has 0 saturated heterocycles. The molecule has 0 aliphatic rings. The van der Waals surface area contributed by atoms with Gasteiger partial charge in [0.15, 0.2) is 4.80 Å². The van der Waals surface area contributed by atoms with Gasteiger partial charge in [0.1, 0.15) is 5.00 Å². The molecule has 9 nitrogen and oxygen atoms in total. The summed E-state index contributed by atoms with van der Waals surface area (Å²) in [7, 11) is 3.84. The summed E-state index contributed by atoms with van der Waals surface area (Å²) < 4.78 is 1.91. The molecule has 0 atom stereocenters. The van der Waals surface area contributed by atoms with Gasteiger partial charge in [0.2, 0.25) is 0 Å². The van der Waals surface area contributed by atoms with Crippen molar-refractivity contribution in [2.75, 3.05) is 19.0 Å². The van der Waals surface area contributed by atoms with Crippen molar-refractivity contribution in [2.24, 2.45) is 4.99 Å². The third-order valence-electron chi connectivity index (χ3n) is 4.93. The third-order valence-corrected chi connectivity index (χ3v) is 6.39. The van der Waals surface area contributed by atoms with E-state index in [4.69, 9.17) is 16.6 Å². The van der Waals surface area contributed by atoms with Crippen LogP contribution in [0.4, 0.5) is 22.1 Å². The molecule has 0 aliphatic carbocycles. The van der Waals surface area contributed by atoms with Crippen molar-refractivity contribution in [3.05, 3.63) is 103 Å². The molecule has 0 saturated carbocycles. The van der Waals surface area contributed by atoms with E-state index in [-0.39, 0.29) is 11.4 Å². The van der Waals surface area contributed by atoms with Gasteiger partial charge in [-0.1, -0.05) is 35.1 Å². The zero-order valence-electron chi connectivity index (χ0n) is 18.1. The topological polar surface area (TPSA) is 107 Å². The van der Waals surface area contributed by atoms with Gasteiger partial charge >= 0.3 is 0 Å². The van der Waals surface area contributed by atoms with E-state index in [0.717, 1.165) is 16.3 Å². The number of thiazole rings is 1. The van der Waals surface area contributed by atoms with Crippen molar-refractivity contribution in [3.8, 4) is 16.9 Å². The molecular formula is C23H18ClN5O4S. The standard InChI is InChI=1S/C23H18ClN5O4S/c1-26(2)22-21(15-3-5-16(24)6-4-15)27(18-11-13-20(14-12-18)29(32)33)23(34-22)25-17-7-9-19(10-8-17)28(30)31/h3-14H,1-2H3. The zero-order chi connectivity index (χ0) is 24.4. The van der Waals surface area contributed by atoms with Gasteiger partial charge in [-0.25, -0.2) is 4.99 Å². The Balaban J connectivity index is 2.00. The van der Waals surface area contributed by atoms with E-state index in [0.29, 0.717) is 21.2 Å². The fraction of sp³-hybridized carbons (Fsp3) is 0.0870. The zero-order valence-corrected chi connectivity index (χ0v) is 19.7. The number of non-ortho nitro benzene ring substituents is 2. The first kappa shape index (κ1) is 23.1. The van der Waals surface area contributed by atoms with Crippen molar-refractivity contribution < 1.29 is 9.85 Å². The highest BCUT2D eigenvalue weighted by atomic mass is 35.5. The maximum atomic E-state index is 11.2. The molecule has 172 valence electrons. The third kappa shape index (κ3) is 4.68. The van der Waals surface area contributed by atoms with Gasteiger partial charge in [-0.3, -0.25) is 24.8 Å². The number of anilines is 1. The Morgan fingerprint density at radius 3 is 1.88 bits per heavy atom. The van der Waals surface area contributed by atoms with Crippen molar-refractivity contribution in [1.29, 1.82) is 0 Å². The normalized spacial score (nSPS) is 11.4. The number of nitro benzene ring substituents is 2. The van der Waals surface area contributed by atoms with E-state index in [1.165, 1.54) is 35.6 Å². The predicted octanol–water partition coefficient (Wildman–Crippen LogP) is 5.97. The van der Waals surface area contributed by atoms with Gasteiger partial charge in [-0.15, -0.1) is 0 Å². The van der Waals surface area contributed by atoms with E-state index < -0.39 is 9.85 Å². The summed E-state index contributed by atoms with van der Waals surface area (Å²) in [4.78, 5) is 28.6. The Bertz CT molecular complexity index is 1430. The molecule has 0 fully saturated rings. The van der Waals surface area contributed by atoms with Crippen LogP contribution in [0.15, 0.2) is 77.8 Å². The Kier molecular flexibility index (Phi) is 6.44. The second kappa shape index (κ2) is 9.46. The van der Waals surface area contributed by atoms with Gasteiger partial charge in [0.05, 0.1) is 21.2 Å². The summed E-state index contributed by atoms with van der Waals surface area (Å²) in [6.45, 7) is 0. The van der Waals surface area contributed by atoms with Crippen LogP contribution in [0.5, 0.6) is 0 Å². The molecule has 1 heterocycles. The lowest BCUT2D eigenvalue weighted by Crippen LogP contribution is -2.14. The highest BCUT2D eigenvalue weighted by Gasteiger charge is 2.19. The summed E-state index contributed by atoms with van der Waals surface area (Å²) in [5.74, 6) is 0. The number of hydrogen-bond acceptors (Lipinski definition) is 7. The fourth-order valence-corrected chi connectivity index (χ4v) is 4.56. The number of rotatable bonds is 6. The molecule has 4 aromatic rings. The lowest BCUT2D eigenvalue weighted by Gasteiger charge is -2.15. The Morgan fingerprint density at radius 2 is 1.38 bits per heavy atom. The number of aromatic nitrogens is 1. The number of nitrogens with zero attached hydrogens (tertiary/aromatic N) is 5. The van der Waals surface area contributed by atoms with Gasteiger partial charge < -0.3 is 4.90 Å². The minimum Gasteiger partial charge on any atom is -0.368 e. The van der Waals surface area contributed by atoms with Gasteiger partial charge in [-0.05, 0) is 36.4 Å². The Labute approximate surface area is 203 Å². The summed E-state index contributed by atoms with van der Waals surface area (Å²) in [6, 6.07) is 19.5. The van der Waals surface area contributed by atoms with Crippen molar-refractivity contribution in [1.82, 2.24) is 4.57 Å². The summed E-state index contributed by atoms with van der Waals surface area (Å²) >= 11 is 7.53. The molecule has 0 N–H and O–H groups in total. The molecule has 11 heteroatoms. The van der Waals surface area contributed by atoms with E-state index in [1.54, 1.807) is 36.4 Å². The lowest BCUT2D eigenvalue weighted by molar-refractivity contribution is -0.385. The molecule has 0 amide bonds. The number of benzene rings is 3. The molecule has 1 aromatic heterocycles. The average Bonchev–Trinajstić information content (AvgIpc) is 3.19. The molecule has 0 bridgehead atoms. The Morgan fingerprint density at radius 1 is 0.853 bits per heavy atom. The van der Waals surface area contributed by atoms with E-state index in [2.05, 4.69) is 0 Å². The van der Waals surface area contributed by atoms with Crippen LogP contribution in [0.1, 0.15) is 0 Å². The van der Waals surface area contributed by atoms with Crippen molar-refractivity contribution >= 4 is 45.0 Å². The maximum Gasteiger partial charge on any atom is 0.269 e. The highest BCUT2D eigenvalue weighted by molar-refractivity contribution is 7.14. The van der Waals surface area contributed by atoms with Gasteiger partial charge in [-0.2, -0.15) is 0 Å². The average molecular weight is 496 g/mol. The Hall–Kier alpha value is -4.02. The van der Waals surface area contributed by atoms with Gasteiger partial charge in [0, 0.05) is 54.6 Å². The number of hydrogen-bond donors (Lipinski definition) is 0. The lowest BCUT2D eigenvalue weighted by atomic mass is 10.1. The fourth-order valence-electron chi connectivity index (χ4n) is 3.33. The first-order valence-electron chi connectivity index (χ1n) is 9.97. The van der Waals surface area contributed by atoms with Crippen LogP contribution in [0.3, 0.4) is 0 Å². The summed E-state index contributed by atoms with van der Waals surface area (Å²) in [5, 5.41) is 23.7. The van der Waals surface area contributed by atoms with Crippen LogP contribution in [0, 0.1) is 20.2 Å². The van der Waals surface area contributed by atoms with Crippen molar-refractivity contribution in [3.63, 3.8) is 0 Å². The summed E-state index contributed by atoms with van der Waals surface area (Å²) in [6.07, 6.45) is 0. The number of halogens is 1. The largest absolute Gasteiger partial charge is 0.368 e. The molecule has 0 aliphatic heterocycles. The van der Waals surface area contributed by atoms with Crippen LogP contribution in [0.25, 0.3) is 16.9 Å². The minimum absolute atomic E-state index is 0.0192. The second-order valence-corrected chi connectivity index (χ2v) is 8.83. The quantitative estimate of drug-likeness (QED) is 0.242. The second-order valence-electron chi connectivity index (χ2n) is 7.43. The predicted molar refractivity (Wildman–Crippen MR) is 133 cm³/mol. The van der Waals surface area contributed by atoms with E-state index in [9.17, 15) is 20.2 Å². The smallest absolute Gasteiger partial charge is 0.269 e. The first-order chi connectivity index (χ1) is 16.2. The van der Waals surface area contributed by atoms with E-state index >= 15 is 0 Å². The first-order valence-corrected chi connectivity index (χ1v) is 11.2. The maximum absolute atomic E-state index is 11.2. The van der Waals surface area contributed by atoms with Crippen molar-refractivity contribution in [2.45, 2.75) is 0 Å². The number of nitro groups is 2. The molecule has 4 rings (SSSR count). The van der Waals surface area contributed by atoms with Crippen LogP contribution in [-0.4, -0.2) is 28.5 Å². The monoisotopic (exact) mass is 495 g/mol. The molecule has 0 unspecified atom stereocenters. The van der Waals surface area contributed by atoms with Crippen LogP contribution in [-0.2, 0) is 0 Å². The van der Waals surface area contributed by atoms with E-state index in [1.807, 2.05) is 35.7 Å². The van der Waals surface area contributed by atoms with Gasteiger partial charge in [0.25, 0.3) is 11.4 Å². The minimum atomic E-state index is -0.464. The molecular weight excluding hydrogens is 478 g/mol. The molecule has 0 spiro atoms. The molecule has 0 radical (unpaired) electrons. The molecule has 34 heavy (non-hydrogen) atoms. The summed E-state index contributed by atoms with van der Waals surface area (Å²) in [5.41, 5.74) is 2.89. The molecule has 3 aromatic carbocycles. The highest BCUT2D eigenvalue weighted by Crippen LogP contribution is 2.36. The van der Waals surface area contributed by atoms with Crippen LogP contribution >= 0.6 is 22.9 Å².